The van der Waals surface area contributed by atoms with Crippen molar-refractivity contribution in [1.82, 2.24) is 15.5 Å². The Labute approximate surface area is 141 Å². The molecule has 0 unspecified atom stereocenters. The smallest absolute Gasteiger partial charge is 0.253 e. The molecule has 122 valence electrons. The third kappa shape index (κ3) is 6.22. The van der Waals surface area contributed by atoms with Crippen LogP contribution < -0.4 is 10.6 Å². The summed E-state index contributed by atoms with van der Waals surface area (Å²) in [4.78, 5) is 25.8. The molecule has 0 heterocycles. The van der Waals surface area contributed by atoms with E-state index in [1.165, 1.54) is 12.1 Å². The molecule has 0 aliphatic rings. The fraction of sp³-hybridized carbons (Fsp3) is 0.467. The molecular weight excluding hydrogens is 325 g/mol. The van der Waals surface area contributed by atoms with Gasteiger partial charge in [0, 0.05) is 18.1 Å². The standard InChI is InChI=1S/C15H21Cl2N3O2/c1-3-20(4-2)8-7-18-14(21)10-19-15(22)12-6-5-11(16)9-13(12)17/h5-6,9H,3-4,7-8,10H2,1-2H3,(H,18,21)(H,19,22). The first kappa shape index (κ1) is 18.7. The zero-order valence-corrected chi connectivity index (χ0v) is 14.3. The van der Waals surface area contributed by atoms with Gasteiger partial charge in [-0.05, 0) is 31.3 Å². The second-order valence-electron chi connectivity index (χ2n) is 4.68. The molecule has 1 rings (SSSR count). The molecule has 22 heavy (non-hydrogen) atoms. The Bertz CT molecular complexity index is 520. The molecule has 0 spiro atoms. The van der Waals surface area contributed by atoms with E-state index >= 15 is 0 Å². The lowest BCUT2D eigenvalue weighted by atomic mass is 10.2. The van der Waals surface area contributed by atoms with E-state index < -0.39 is 5.91 Å². The summed E-state index contributed by atoms with van der Waals surface area (Å²) in [7, 11) is 0. The summed E-state index contributed by atoms with van der Waals surface area (Å²) in [6.45, 7) is 7.28. The zero-order chi connectivity index (χ0) is 16.5. The monoisotopic (exact) mass is 345 g/mol. The predicted octanol–water partition coefficient (Wildman–Crippen LogP) is 2.18. The number of halogens is 2. The fourth-order valence-corrected chi connectivity index (χ4v) is 2.38. The topological polar surface area (TPSA) is 61.4 Å². The van der Waals surface area contributed by atoms with Crippen LogP contribution in [0.4, 0.5) is 0 Å². The minimum atomic E-state index is -0.402. The number of rotatable bonds is 8. The van der Waals surface area contributed by atoms with Gasteiger partial charge in [0.2, 0.25) is 5.91 Å². The molecule has 0 bridgehead atoms. The first-order valence-electron chi connectivity index (χ1n) is 7.20. The zero-order valence-electron chi connectivity index (χ0n) is 12.8. The molecule has 0 aliphatic carbocycles. The number of nitrogens with one attached hydrogen (secondary N) is 2. The molecule has 5 nitrogen and oxygen atoms in total. The Hall–Kier alpha value is -1.30. The Morgan fingerprint density at radius 1 is 1.14 bits per heavy atom. The Kier molecular flexibility index (Phi) is 8.24. The average Bonchev–Trinajstić information content (AvgIpc) is 2.49. The van der Waals surface area contributed by atoms with Crippen molar-refractivity contribution in [2.24, 2.45) is 0 Å². The first-order valence-corrected chi connectivity index (χ1v) is 7.95. The minimum Gasteiger partial charge on any atom is -0.353 e. The molecule has 0 aliphatic heterocycles. The molecule has 1 aromatic rings. The Morgan fingerprint density at radius 3 is 2.41 bits per heavy atom. The molecule has 0 radical (unpaired) electrons. The highest BCUT2D eigenvalue weighted by Crippen LogP contribution is 2.20. The number of hydrogen-bond donors (Lipinski definition) is 2. The van der Waals surface area contributed by atoms with E-state index in [0.717, 1.165) is 19.6 Å². The molecule has 0 aromatic heterocycles. The summed E-state index contributed by atoms with van der Waals surface area (Å²) in [5.41, 5.74) is 0.294. The summed E-state index contributed by atoms with van der Waals surface area (Å²) in [5, 5.41) is 6.01. The van der Waals surface area contributed by atoms with Crippen LogP contribution in [-0.4, -0.2) is 49.4 Å². The molecule has 7 heteroatoms. The van der Waals surface area contributed by atoms with Gasteiger partial charge in [0.15, 0.2) is 0 Å². The van der Waals surface area contributed by atoms with Crippen molar-refractivity contribution in [3.05, 3.63) is 33.8 Å². The minimum absolute atomic E-state index is 0.0873. The van der Waals surface area contributed by atoms with Gasteiger partial charge in [-0.3, -0.25) is 9.59 Å². The lowest BCUT2D eigenvalue weighted by Crippen LogP contribution is -2.40. The maximum Gasteiger partial charge on any atom is 0.253 e. The third-order valence-corrected chi connectivity index (χ3v) is 3.78. The summed E-state index contributed by atoms with van der Waals surface area (Å²) in [6.07, 6.45) is 0. The molecular formula is C15H21Cl2N3O2. The van der Waals surface area contributed by atoms with E-state index in [-0.39, 0.29) is 17.5 Å². The normalized spacial score (nSPS) is 10.6. The molecule has 0 saturated heterocycles. The molecule has 1 aromatic carbocycles. The Balaban J connectivity index is 2.36. The SMILES string of the molecule is CCN(CC)CCNC(=O)CNC(=O)c1ccc(Cl)cc1Cl. The van der Waals surface area contributed by atoms with Gasteiger partial charge in [-0.1, -0.05) is 37.0 Å². The van der Waals surface area contributed by atoms with Crippen molar-refractivity contribution in [2.75, 3.05) is 32.7 Å². The summed E-state index contributed by atoms with van der Waals surface area (Å²) < 4.78 is 0. The maximum absolute atomic E-state index is 11.9. The van der Waals surface area contributed by atoms with Crippen molar-refractivity contribution < 1.29 is 9.59 Å². The van der Waals surface area contributed by atoms with Gasteiger partial charge in [-0.25, -0.2) is 0 Å². The highest BCUT2D eigenvalue weighted by molar-refractivity contribution is 6.36. The van der Waals surface area contributed by atoms with Crippen LogP contribution in [0.15, 0.2) is 18.2 Å². The first-order chi connectivity index (χ1) is 10.5. The summed E-state index contributed by atoms with van der Waals surface area (Å²) in [6, 6.07) is 4.59. The van der Waals surface area contributed by atoms with E-state index in [1.807, 2.05) is 0 Å². The van der Waals surface area contributed by atoms with Crippen LogP contribution >= 0.6 is 23.2 Å². The van der Waals surface area contributed by atoms with Crippen molar-refractivity contribution in [1.29, 1.82) is 0 Å². The van der Waals surface area contributed by atoms with Gasteiger partial charge in [-0.15, -0.1) is 0 Å². The van der Waals surface area contributed by atoms with Crippen LogP contribution in [-0.2, 0) is 4.79 Å². The second kappa shape index (κ2) is 9.66. The van der Waals surface area contributed by atoms with E-state index in [0.29, 0.717) is 17.1 Å². The number of likely N-dealkylation sites (N-methyl/N-ethyl adjacent to an activating group) is 1. The van der Waals surface area contributed by atoms with Crippen LogP contribution in [0.2, 0.25) is 10.0 Å². The van der Waals surface area contributed by atoms with Gasteiger partial charge in [0.1, 0.15) is 0 Å². The van der Waals surface area contributed by atoms with Gasteiger partial charge >= 0.3 is 0 Å². The molecule has 2 amide bonds. The maximum atomic E-state index is 11.9. The van der Waals surface area contributed by atoms with E-state index in [4.69, 9.17) is 23.2 Å². The quantitative estimate of drug-likeness (QED) is 0.759. The van der Waals surface area contributed by atoms with Crippen molar-refractivity contribution in [3.63, 3.8) is 0 Å². The van der Waals surface area contributed by atoms with Gasteiger partial charge in [0.05, 0.1) is 17.1 Å². The number of benzene rings is 1. The number of carbonyl (C=O) groups is 2. The summed E-state index contributed by atoms with van der Waals surface area (Å²) in [5.74, 6) is -0.633. The van der Waals surface area contributed by atoms with Crippen molar-refractivity contribution >= 4 is 35.0 Å². The lowest BCUT2D eigenvalue weighted by Gasteiger charge is -2.18. The van der Waals surface area contributed by atoms with Gasteiger partial charge in [0.25, 0.3) is 5.91 Å². The molecule has 0 atom stereocenters. The highest BCUT2D eigenvalue weighted by atomic mass is 35.5. The van der Waals surface area contributed by atoms with Gasteiger partial charge < -0.3 is 15.5 Å². The Morgan fingerprint density at radius 2 is 1.82 bits per heavy atom. The number of amides is 2. The average molecular weight is 346 g/mol. The number of nitrogens with zero attached hydrogens (tertiary/aromatic N) is 1. The van der Waals surface area contributed by atoms with Crippen LogP contribution in [0.1, 0.15) is 24.2 Å². The lowest BCUT2D eigenvalue weighted by molar-refractivity contribution is -0.120. The largest absolute Gasteiger partial charge is 0.353 e. The van der Waals surface area contributed by atoms with E-state index in [9.17, 15) is 9.59 Å². The van der Waals surface area contributed by atoms with Crippen LogP contribution in [0.3, 0.4) is 0 Å². The molecule has 2 N–H and O–H groups in total. The van der Waals surface area contributed by atoms with Crippen molar-refractivity contribution in [3.8, 4) is 0 Å². The second-order valence-corrected chi connectivity index (χ2v) is 5.53. The fourth-order valence-electron chi connectivity index (χ4n) is 1.89. The van der Waals surface area contributed by atoms with Crippen LogP contribution in [0.25, 0.3) is 0 Å². The third-order valence-electron chi connectivity index (χ3n) is 3.23. The highest BCUT2D eigenvalue weighted by Gasteiger charge is 2.12. The van der Waals surface area contributed by atoms with Crippen molar-refractivity contribution in [2.45, 2.75) is 13.8 Å². The van der Waals surface area contributed by atoms with E-state index in [2.05, 4.69) is 29.4 Å². The van der Waals surface area contributed by atoms with Crippen LogP contribution in [0, 0.1) is 0 Å². The number of hydrogen-bond acceptors (Lipinski definition) is 3. The van der Waals surface area contributed by atoms with Gasteiger partial charge in [-0.2, -0.15) is 0 Å². The molecule has 0 saturated carbocycles. The summed E-state index contributed by atoms with van der Waals surface area (Å²) >= 11 is 11.7. The number of carbonyl (C=O) groups excluding carboxylic acids is 2. The van der Waals surface area contributed by atoms with E-state index in [1.54, 1.807) is 6.07 Å². The molecule has 0 fully saturated rings. The van der Waals surface area contributed by atoms with Crippen LogP contribution in [0.5, 0.6) is 0 Å². The predicted molar refractivity (Wildman–Crippen MR) is 89.6 cm³/mol.